The minimum atomic E-state index is 0. The molecular weight excluding hydrogens is 217 g/mol. The Balaban J connectivity index is 0.00000169. The van der Waals surface area contributed by atoms with Crippen LogP contribution in [0.3, 0.4) is 0 Å². The zero-order valence-corrected chi connectivity index (χ0v) is 10.5. The largest absolute Gasteiger partial charge is 0.314 e. The van der Waals surface area contributed by atoms with Gasteiger partial charge in [-0.15, -0.1) is 24.0 Å². The molecule has 0 atom stereocenters. The smallest absolute Gasteiger partial charge is 0.0223 e. The van der Waals surface area contributed by atoms with Gasteiger partial charge in [-0.05, 0) is 32.2 Å². The van der Waals surface area contributed by atoms with Crippen molar-refractivity contribution < 1.29 is 0 Å². The molecule has 1 aliphatic rings. The number of halogens is 2. The van der Waals surface area contributed by atoms with Gasteiger partial charge in [0.1, 0.15) is 0 Å². The Kier molecular flexibility index (Phi) is 10.5. The Labute approximate surface area is 99.4 Å². The molecule has 1 fully saturated rings. The summed E-state index contributed by atoms with van der Waals surface area (Å²) < 4.78 is 0. The van der Waals surface area contributed by atoms with E-state index in [1.807, 2.05) is 0 Å². The molecule has 0 radical (unpaired) electrons. The number of hydrogen-bond acceptors (Lipinski definition) is 1. The fourth-order valence-electron chi connectivity index (χ4n) is 2.01. The highest BCUT2D eigenvalue weighted by Gasteiger charge is 2.11. The highest BCUT2D eigenvalue weighted by atomic mass is 35.5. The standard InChI is InChI=1S/C11H22ClN.ClH/c12-9-5-2-6-10-13-11-7-3-1-4-8-11;/h11,13H,1-10H2;1H. The molecule has 0 aromatic rings. The summed E-state index contributed by atoms with van der Waals surface area (Å²) in [5.41, 5.74) is 0. The lowest BCUT2D eigenvalue weighted by Gasteiger charge is -2.22. The Morgan fingerprint density at radius 3 is 2.36 bits per heavy atom. The molecule has 0 aromatic heterocycles. The van der Waals surface area contributed by atoms with Crippen molar-refractivity contribution in [2.24, 2.45) is 0 Å². The van der Waals surface area contributed by atoms with E-state index >= 15 is 0 Å². The molecule has 0 amide bonds. The molecule has 0 aliphatic heterocycles. The van der Waals surface area contributed by atoms with Gasteiger partial charge in [-0.25, -0.2) is 0 Å². The van der Waals surface area contributed by atoms with E-state index in [9.17, 15) is 0 Å². The first-order valence-corrected chi connectivity index (χ1v) is 6.26. The first kappa shape index (κ1) is 14.5. The maximum absolute atomic E-state index is 5.61. The molecule has 86 valence electrons. The van der Waals surface area contributed by atoms with Crippen LogP contribution in [-0.2, 0) is 0 Å². The van der Waals surface area contributed by atoms with Crippen LogP contribution in [0.15, 0.2) is 0 Å². The number of alkyl halides is 1. The molecule has 1 nitrogen and oxygen atoms in total. The molecule has 0 unspecified atom stereocenters. The lowest BCUT2D eigenvalue weighted by atomic mass is 9.95. The van der Waals surface area contributed by atoms with Crippen LogP contribution in [0, 0.1) is 0 Å². The first-order chi connectivity index (χ1) is 6.43. The van der Waals surface area contributed by atoms with Gasteiger partial charge in [0.05, 0.1) is 0 Å². The molecule has 1 aliphatic carbocycles. The van der Waals surface area contributed by atoms with Crippen molar-refractivity contribution in [3.8, 4) is 0 Å². The third kappa shape index (κ3) is 6.92. The first-order valence-electron chi connectivity index (χ1n) is 5.73. The fraction of sp³-hybridized carbons (Fsp3) is 1.00. The lowest BCUT2D eigenvalue weighted by Crippen LogP contribution is -2.31. The van der Waals surface area contributed by atoms with Gasteiger partial charge in [-0.1, -0.05) is 25.7 Å². The van der Waals surface area contributed by atoms with Gasteiger partial charge >= 0.3 is 0 Å². The van der Waals surface area contributed by atoms with Gasteiger partial charge in [-0.3, -0.25) is 0 Å². The van der Waals surface area contributed by atoms with Crippen LogP contribution in [0.5, 0.6) is 0 Å². The van der Waals surface area contributed by atoms with E-state index in [0.717, 1.165) is 11.9 Å². The summed E-state index contributed by atoms with van der Waals surface area (Å²) in [6.07, 6.45) is 10.9. The predicted molar refractivity (Wildman–Crippen MR) is 66.7 cm³/mol. The van der Waals surface area contributed by atoms with Crippen molar-refractivity contribution in [3.05, 3.63) is 0 Å². The summed E-state index contributed by atoms with van der Waals surface area (Å²) in [5.74, 6) is 0.823. The van der Waals surface area contributed by atoms with Crippen molar-refractivity contribution in [2.75, 3.05) is 12.4 Å². The summed E-state index contributed by atoms with van der Waals surface area (Å²) in [6.45, 7) is 1.20. The third-order valence-corrected chi connectivity index (χ3v) is 3.12. The van der Waals surface area contributed by atoms with Crippen molar-refractivity contribution >= 4 is 24.0 Å². The molecule has 0 bridgehead atoms. The number of hydrogen-bond donors (Lipinski definition) is 1. The van der Waals surface area contributed by atoms with Crippen LogP contribution in [-0.4, -0.2) is 18.5 Å². The second kappa shape index (κ2) is 10.1. The van der Waals surface area contributed by atoms with Gasteiger partial charge in [0.25, 0.3) is 0 Å². The average Bonchev–Trinajstić information content (AvgIpc) is 2.19. The molecular formula is C11H23Cl2N. The zero-order valence-electron chi connectivity index (χ0n) is 8.93. The van der Waals surface area contributed by atoms with E-state index in [-0.39, 0.29) is 12.4 Å². The SMILES string of the molecule is Cl.ClCCCCCNC1CCCCC1. The van der Waals surface area contributed by atoms with Crippen molar-refractivity contribution in [1.82, 2.24) is 5.32 Å². The summed E-state index contributed by atoms with van der Waals surface area (Å²) in [7, 11) is 0. The Hall–Kier alpha value is 0.540. The van der Waals surface area contributed by atoms with Crippen LogP contribution in [0.4, 0.5) is 0 Å². The summed E-state index contributed by atoms with van der Waals surface area (Å²) in [4.78, 5) is 0. The highest BCUT2D eigenvalue weighted by Crippen LogP contribution is 2.17. The summed E-state index contributed by atoms with van der Waals surface area (Å²) >= 11 is 5.61. The fourth-order valence-corrected chi connectivity index (χ4v) is 2.20. The molecule has 1 N–H and O–H groups in total. The monoisotopic (exact) mass is 239 g/mol. The maximum atomic E-state index is 5.61. The third-order valence-electron chi connectivity index (χ3n) is 2.85. The highest BCUT2D eigenvalue weighted by molar-refractivity contribution is 6.17. The molecule has 1 rings (SSSR count). The Morgan fingerprint density at radius 1 is 1.00 bits per heavy atom. The van der Waals surface area contributed by atoms with E-state index in [0.29, 0.717) is 0 Å². The van der Waals surface area contributed by atoms with Gasteiger partial charge < -0.3 is 5.32 Å². The minimum absolute atomic E-state index is 0. The van der Waals surface area contributed by atoms with Crippen LogP contribution >= 0.6 is 24.0 Å². The average molecular weight is 240 g/mol. The lowest BCUT2D eigenvalue weighted by molar-refractivity contribution is 0.371. The van der Waals surface area contributed by atoms with Crippen molar-refractivity contribution in [2.45, 2.75) is 57.4 Å². The molecule has 3 heteroatoms. The van der Waals surface area contributed by atoms with Crippen LogP contribution in [0.25, 0.3) is 0 Å². The molecule has 14 heavy (non-hydrogen) atoms. The second-order valence-electron chi connectivity index (χ2n) is 4.04. The Morgan fingerprint density at radius 2 is 1.71 bits per heavy atom. The van der Waals surface area contributed by atoms with E-state index in [1.54, 1.807) is 0 Å². The van der Waals surface area contributed by atoms with Crippen molar-refractivity contribution in [3.63, 3.8) is 0 Å². The maximum Gasteiger partial charge on any atom is 0.0223 e. The quantitative estimate of drug-likeness (QED) is 0.551. The number of nitrogens with one attached hydrogen (secondary N) is 1. The minimum Gasteiger partial charge on any atom is -0.314 e. The van der Waals surface area contributed by atoms with E-state index < -0.39 is 0 Å². The topological polar surface area (TPSA) is 12.0 Å². The van der Waals surface area contributed by atoms with Crippen LogP contribution in [0.1, 0.15) is 51.4 Å². The second-order valence-corrected chi connectivity index (χ2v) is 4.42. The zero-order chi connectivity index (χ0) is 9.36. The molecule has 0 spiro atoms. The molecule has 0 saturated heterocycles. The van der Waals surface area contributed by atoms with Gasteiger partial charge in [-0.2, -0.15) is 0 Å². The van der Waals surface area contributed by atoms with Crippen LogP contribution < -0.4 is 5.32 Å². The van der Waals surface area contributed by atoms with Gasteiger partial charge in [0, 0.05) is 11.9 Å². The predicted octanol–water partition coefficient (Wildman–Crippen LogP) is 3.74. The van der Waals surface area contributed by atoms with E-state index in [1.165, 1.54) is 57.9 Å². The van der Waals surface area contributed by atoms with Crippen LogP contribution in [0.2, 0.25) is 0 Å². The Bertz CT molecular complexity index is 114. The normalized spacial score (nSPS) is 17.8. The van der Waals surface area contributed by atoms with E-state index in [2.05, 4.69) is 5.32 Å². The molecule has 0 aromatic carbocycles. The van der Waals surface area contributed by atoms with Gasteiger partial charge in [0.15, 0.2) is 0 Å². The van der Waals surface area contributed by atoms with E-state index in [4.69, 9.17) is 11.6 Å². The molecule has 0 heterocycles. The number of rotatable bonds is 6. The van der Waals surface area contributed by atoms with Crippen molar-refractivity contribution in [1.29, 1.82) is 0 Å². The van der Waals surface area contributed by atoms with Gasteiger partial charge in [0.2, 0.25) is 0 Å². The summed E-state index contributed by atoms with van der Waals surface area (Å²) in [5, 5.41) is 3.64. The molecule has 1 saturated carbocycles. The summed E-state index contributed by atoms with van der Waals surface area (Å²) in [6, 6.07) is 0.824. The number of unbranched alkanes of at least 4 members (excludes halogenated alkanes) is 2.